The van der Waals surface area contributed by atoms with E-state index in [1.807, 2.05) is 0 Å². The van der Waals surface area contributed by atoms with Gasteiger partial charge in [0.05, 0.1) is 14.7 Å². The molecule has 0 saturated carbocycles. The average molecular weight is 249 g/mol. The molecule has 0 spiro atoms. The van der Waals surface area contributed by atoms with Gasteiger partial charge in [-0.15, -0.1) is 0 Å². The Kier molecular flexibility index (Phi) is 2.89. The highest BCUT2D eigenvalue weighted by atomic mass is 29.8. The summed E-state index contributed by atoms with van der Waals surface area (Å²) in [6.45, 7) is 18.1. The van der Waals surface area contributed by atoms with Crippen LogP contribution >= 0.6 is 0 Å². The summed E-state index contributed by atoms with van der Waals surface area (Å²) in [5.41, 5.74) is 0. The van der Waals surface area contributed by atoms with Gasteiger partial charge in [0.25, 0.3) is 0 Å². The lowest BCUT2D eigenvalue weighted by molar-refractivity contribution is 0.398. The first-order chi connectivity index (χ1) is 5.63. The standard InChI is InChI=1S/C8H24OSi4/c1-10-9-8-11(2,3)13(6,7)12(10,4)5/h10H,8H2,1-7H3. The normalized spacial score (nSPS) is 35.8. The quantitative estimate of drug-likeness (QED) is 0.598. The van der Waals surface area contributed by atoms with Gasteiger partial charge < -0.3 is 4.43 Å². The lowest BCUT2D eigenvalue weighted by Gasteiger charge is -2.54. The predicted octanol–water partition coefficient (Wildman–Crippen LogP) is 2.27. The molecule has 1 aliphatic heterocycles. The minimum absolute atomic E-state index is 0.775. The maximum Gasteiger partial charge on any atom is 0.158 e. The molecule has 0 N–H and O–H groups in total. The molecule has 1 unspecified atom stereocenters. The number of hydrogen-bond donors (Lipinski definition) is 0. The van der Waals surface area contributed by atoms with Crippen LogP contribution in [0.1, 0.15) is 0 Å². The van der Waals surface area contributed by atoms with Crippen LogP contribution in [0.5, 0.6) is 0 Å². The van der Waals surface area contributed by atoms with Crippen molar-refractivity contribution in [3.8, 4) is 0 Å². The molecule has 1 saturated heterocycles. The van der Waals surface area contributed by atoms with Crippen molar-refractivity contribution in [2.45, 2.75) is 45.8 Å². The fraction of sp³-hybridized carbons (Fsp3) is 1.00. The summed E-state index contributed by atoms with van der Waals surface area (Å²) < 4.78 is 6.14. The summed E-state index contributed by atoms with van der Waals surface area (Å²) in [5, 5.41) is 0. The zero-order valence-electron chi connectivity index (χ0n) is 10.2. The van der Waals surface area contributed by atoms with E-state index in [-0.39, 0.29) is 0 Å². The Labute approximate surface area is 87.0 Å². The molecule has 1 heterocycles. The van der Waals surface area contributed by atoms with E-state index in [4.69, 9.17) is 4.43 Å². The van der Waals surface area contributed by atoms with Gasteiger partial charge in [-0.25, -0.2) is 0 Å². The lowest BCUT2D eigenvalue weighted by Crippen LogP contribution is -2.81. The van der Waals surface area contributed by atoms with Crippen molar-refractivity contribution in [2.75, 3.05) is 6.23 Å². The highest BCUT2D eigenvalue weighted by Crippen LogP contribution is 2.34. The molecule has 0 aromatic carbocycles. The lowest BCUT2D eigenvalue weighted by atomic mass is 11.7. The molecule has 1 aliphatic rings. The molecule has 0 aliphatic carbocycles. The largest absolute Gasteiger partial charge is 0.427 e. The highest BCUT2D eigenvalue weighted by molar-refractivity contribution is 7.80. The van der Waals surface area contributed by atoms with Gasteiger partial charge in [-0.2, -0.15) is 0 Å². The molecule has 1 rings (SSSR count). The van der Waals surface area contributed by atoms with E-state index in [2.05, 4.69) is 45.8 Å². The zero-order chi connectivity index (χ0) is 10.5. The van der Waals surface area contributed by atoms with Crippen molar-refractivity contribution >= 4 is 30.4 Å². The molecular weight excluding hydrogens is 224 g/mol. The molecule has 1 fully saturated rings. The Morgan fingerprint density at radius 1 is 1.00 bits per heavy atom. The van der Waals surface area contributed by atoms with Crippen LogP contribution in [0.15, 0.2) is 0 Å². The minimum atomic E-state index is -0.982. The Hall–Kier alpha value is 0.828. The molecule has 1 atom stereocenters. The zero-order valence-corrected chi connectivity index (χ0v) is 14.3. The van der Waals surface area contributed by atoms with Crippen molar-refractivity contribution < 1.29 is 4.43 Å². The van der Waals surface area contributed by atoms with Gasteiger partial charge in [0.1, 0.15) is 0 Å². The molecule has 0 bridgehead atoms. The second-order valence-corrected chi connectivity index (χ2v) is 44.0. The van der Waals surface area contributed by atoms with Crippen molar-refractivity contribution in [1.29, 1.82) is 0 Å². The van der Waals surface area contributed by atoms with E-state index < -0.39 is 30.4 Å². The van der Waals surface area contributed by atoms with E-state index in [1.165, 1.54) is 6.23 Å². The molecule has 1 nitrogen and oxygen atoms in total. The molecule has 0 aromatic heterocycles. The Morgan fingerprint density at radius 3 is 1.85 bits per heavy atom. The second-order valence-electron chi connectivity index (χ2n) is 6.18. The van der Waals surface area contributed by atoms with Crippen molar-refractivity contribution in [3.63, 3.8) is 0 Å². The molecule has 13 heavy (non-hydrogen) atoms. The summed E-state index contributed by atoms with van der Waals surface area (Å²) >= 11 is 0. The van der Waals surface area contributed by atoms with E-state index in [9.17, 15) is 0 Å². The second kappa shape index (κ2) is 3.16. The SMILES string of the molecule is C[SiH]1OC[Si](C)(C)[Si](C)(C)[Si]1(C)C. The Morgan fingerprint density at radius 2 is 1.46 bits per heavy atom. The van der Waals surface area contributed by atoms with Crippen LogP contribution in [0.3, 0.4) is 0 Å². The van der Waals surface area contributed by atoms with Gasteiger partial charge in [-0.05, 0) is 0 Å². The van der Waals surface area contributed by atoms with E-state index >= 15 is 0 Å². The van der Waals surface area contributed by atoms with Crippen LogP contribution in [-0.4, -0.2) is 36.6 Å². The first kappa shape index (κ1) is 11.9. The summed E-state index contributed by atoms with van der Waals surface area (Å²) in [5.74, 6) is 0. The summed E-state index contributed by atoms with van der Waals surface area (Å²) in [7, 11) is -3.59. The third-order valence-corrected chi connectivity index (χ3v) is 67.0. The van der Waals surface area contributed by atoms with Crippen LogP contribution in [-0.2, 0) is 4.43 Å². The molecule has 78 valence electrons. The van der Waals surface area contributed by atoms with E-state index in [0.717, 1.165) is 0 Å². The maximum atomic E-state index is 6.14. The number of rotatable bonds is 0. The van der Waals surface area contributed by atoms with Gasteiger partial charge in [0.15, 0.2) is 8.56 Å². The van der Waals surface area contributed by atoms with Crippen LogP contribution in [0.4, 0.5) is 0 Å². The fourth-order valence-corrected chi connectivity index (χ4v) is 62.7. The molecule has 5 heteroatoms. The van der Waals surface area contributed by atoms with Crippen LogP contribution in [0.25, 0.3) is 0 Å². The maximum absolute atomic E-state index is 6.14. The fourth-order valence-electron chi connectivity index (χ4n) is 2.10. The van der Waals surface area contributed by atoms with Gasteiger partial charge in [0.2, 0.25) is 0 Å². The average Bonchev–Trinajstić information content (AvgIpc) is 1.97. The predicted molar refractivity (Wildman–Crippen MR) is 71.4 cm³/mol. The van der Waals surface area contributed by atoms with Crippen molar-refractivity contribution in [1.82, 2.24) is 0 Å². The van der Waals surface area contributed by atoms with E-state index in [1.54, 1.807) is 0 Å². The molecule has 0 radical (unpaired) electrons. The first-order valence-electron chi connectivity index (χ1n) is 5.24. The van der Waals surface area contributed by atoms with Crippen LogP contribution in [0.2, 0.25) is 45.8 Å². The molecule has 0 amide bonds. The van der Waals surface area contributed by atoms with Crippen LogP contribution in [0, 0.1) is 0 Å². The molecular formula is C8H24OSi4. The van der Waals surface area contributed by atoms with Crippen molar-refractivity contribution in [2.24, 2.45) is 0 Å². The summed E-state index contributed by atoms with van der Waals surface area (Å²) in [4.78, 5) is 0. The van der Waals surface area contributed by atoms with Gasteiger partial charge in [-0.1, -0.05) is 45.8 Å². The Balaban J connectivity index is 3.07. The number of hydrogen-bond acceptors (Lipinski definition) is 1. The third kappa shape index (κ3) is 1.58. The minimum Gasteiger partial charge on any atom is -0.427 e. The van der Waals surface area contributed by atoms with Crippen LogP contribution < -0.4 is 0 Å². The molecule has 0 aromatic rings. The monoisotopic (exact) mass is 248 g/mol. The van der Waals surface area contributed by atoms with Gasteiger partial charge in [0, 0.05) is 13.3 Å². The summed E-state index contributed by atoms with van der Waals surface area (Å²) in [6, 6.07) is 0. The first-order valence-corrected chi connectivity index (χ1v) is 19.9. The highest BCUT2D eigenvalue weighted by Gasteiger charge is 2.58. The smallest absolute Gasteiger partial charge is 0.158 e. The summed E-state index contributed by atoms with van der Waals surface area (Å²) in [6.07, 6.45) is 1.18. The Bertz CT molecular complexity index is 212. The third-order valence-electron chi connectivity index (χ3n) is 5.01. The van der Waals surface area contributed by atoms with Gasteiger partial charge >= 0.3 is 0 Å². The van der Waals surface area contributed by atoms with Gasteiger partial charge in [-0.3, -0.25) is 0 Å². The van der Waals surface area contributed by atoms with E-state index in [0.29, 0.717) is 0 Å². The topological polar surface area (TPSA) is 9.23 Å². The van der Waals surface area contributed by atoms with Crippen molar-refractivity contribution in [3.05, 3.63) is 0 Å².